The first-order chi connectivity index (χ1) is 9.19. The lowest BCUT2D eigenvalue weighted by Gasteiger charge is -2.10. The number of hydrogen-bond acceptors (Lipinski definition) is 3. The molecule has 1 heterocycles. The lowest BCUT2D eigenvalue weighted by molar-refractivity contribution is 0.474. The largest absolute Gasteiger partial charge is 0.455 e. The molecule has 0 unspecified atom stereocenters. The van der Waals surface area contributed by atoms with Crippen LogP contribution in [-0.4, -0.2) is 11.5 Å². The normalized spacial score (nSPS) is 10.3. The van der Waals surface area contributed by atoms with Gasteiger partial charge in [0.15, 0.2) is 0 Å². The van der Waals surface area contributed by atoms with Gasteiger partial charge in [0.1, 0.15) is 17.3 Å². The van der Waals surface area contributed by atoms with Crippen LogP contribution in [0.1, 0.15) is 18.9 Å². The molecule has 3 nitrogen and oxygen atoms in total. The molecule has 2 aromatic rings. The molecule has 0 bridgehead atoms. The smallest absolute Gasteiger partial charge is 0.147 e. The average Bonchev–Trinajstić information content (AvgIpc) is 2.40. The van der Waals surface area contributed by atoms with E-state index in [4.69, 9.17) is 4.74 Å². The molecule has 1 aromatic heterocycles. The van der Waals surface area contributed by atoms with Crippen LogP contribution < -0.4 is 10.1 Å². The van der Waals surface area contributed by atoms with Gasteiger partial charge in [-0.3, -0.25) is 4.98 Å². The number of ether oxygens (including phenoxy) is 1. The summed E-state index contributed by atoms with van der Waals surface area (Å²) in [7, 11) is 0. The Morgan fingerprint density at radius 3 is 2.84 bits per heavy atom. The standard InChI is InChI=1S/C15H17FN2O/c1-3-6-18-13-8-14(10-17-9-13)19-15-5-4-12(16)7-11(15)2/h4-5,7-10,18H,3,6H2,1-2H3. The SMILES string of the molecule is CCCNc1cncc(Oc2ccc(F)cc2C)c1. The fourth-order valence-corrected chi connectivity index (χ4v) is 1.69. The van der Waals surface area contributed by atoms with Gasteiger partial charge in [-0.25, -0.2) is 4.39 Å². The topological polar surface area (TPSA) is 34.2 Å². The molecule has 19 heavy (non-hydrogen) atoms. The van der Waals surface area contributed by atoms with Crippen LogP contribution in [0, 0.1) is 12.7 Å². The molecule has 0 atom stereocenters. The van der Waals surface area contributed by atoms with Gasteiger partial charge in [-0.1, -0.05) is 6.92 Å². The number of aryl methyl sites for hydroxylation is 1. The number of anilines is 1. The number of halogens is 1. The Hall–Kier alpha value is -2.10. The molecule has 0 aliphatic carbocycles. The van der Waals surface area contributed by atoms with Crippen molar-refractivity contribution in [2.24, 2.45) is 0 Å². The Morgan fingerprint density at radius 1 is 1.26 bits per heavy atom. The van der Waals surface area contributed by atoms with Crippen molar-refractivity contribution >= 4 is 5.69 Å². The zero-order chi connectivity index (χ0) is 13.7. The van der Waals surface area contributed by atoms with Crippen LogP contribution in [0.15, 0.2) is 36.7 Å². The molecule has 2 rings (SSSR count). The van der Waals surface area contributed by atoms with Crippen molar-refractivity contribution in [3.8, 4) is 11.5 Å². The van der Waals surface area contributed by atoms with E-state index >= 15 is 0 Å². The Morgan fingerprint density at radius 2 is 2.11 bits per heavy atom. The summed E-state index contributed by atoms with van der Waals surface area (Å²) in [5.74, 6) is 1.01. The van der Waals surface area contributed by atoms with Crippen molar-refractivity contribution in [3.05, 3.63) is 48.0 Å². The summed E-state index contributed by atoms with van der Waals surface area (Å²) < 4.78 is 18.7. The summed E-state index contributed by atoms with van der Waals surface area (Å²) in [6.07, 6.45) is 4.43. The van der Waals surface area contributed by atoms with Crippen LogP contribution in [0.25, 0.3) is 0 Å². The van der Waals surface area contributed by atoms with E-state index in [1.54, 1.807) is 18.5 Å². The zero-order valence-corrected chi connectivity index (χ0v) is 11.1. The van der Waals surface area contributed by atoms with Gasteiger partial charge in [-0.15, -0.1) is 0 Å². The first-order valence-electron chi connectivity index (χ1n) is 6.32. The Labute approximate surface area is 112 Å². The highest BCUT2D eigenvalue weighted by Crippen LogP contribution is 2.26. The van der Waals surface area contributed by atoms with E-state index in [0.717, 1.165) is 24.2 Å². The summed E-state index contributed by atoms with van der Waals surface area (Å²) in [4.78, 5) is 4.12. The molecular weight excluding hydrogens is 243 g/mol. The highest BCUT2D eigenvalue weighted by molar-refractivity contribution is 5.47. The number of rotatable bonds is 5. The van der Waals surface area contributed by atoms with E-state index in [0.29, 0.717) is 11.5 Å². The van der Waals surface area contributed by atoms with Gasteiger partial charge in [0.2, 0.25) is 0 Å². The van der Waals surface area contributed by atoms with Gasteiger partial charge < -0.3 is 10.1 Å². The number of hydrogen-bond donors (Lipinski definition) is 1. The van der Waals surface area contributed by atoms with Crippen molar-refractivity contribution in [2.75, 3.05) is 11.9 Å². The third-order valence-electron chi connectivity index (χ3n) is 2.66. The Balaban J connectivity index is 2.14. The van der Waals surface area contributed by atoms with Crippen LogP contribution >= 0.6 is 0 Å². The molecule has 0 fully saturated rings. The van der Waals surface area contributed by atoms with Gasteiger partial charge in [0.05, 0.1) is 18.1 Å². The maximum atomic E-state index is 13.0. The van der Waals surface area contributed by atoms with E-state index in [1.807, 2.05) is 13.0 Å². The predicted molar refractivity (Wildman–Crippen MR) is 74.2 cm³/mol. The third kappa shape index (κ3) is 3.68. The molecule has 0 aliphatic rings. The second kappa shape index (κ2) is 6.18. The number of aromatic nitrogens is 1. The molecule has 0 amide bonds. The number of pyridine rings is 1. The van der Waals surface area contributed by atoms with Crippen LogP contribution in [0.5, 0.6) is 11.5 Å². The van der Waals surface area contributed by atoms with Crippen molar-refractivity contribution in [1.82, 2.24) is 4.98 Å². The van der Waals surface area contributed by atoms with Crippen molar-refractivity contribution in [1.29, 1.82) is 0 Å². The first-order valence-corrected chi connectivity index (χ1v) is 6.32. The molecular formula is C15H17FN2O. The van der Waals surface area contributed by atoms with Gasteiger partial charge >= 0.3 is 0 Å². The Bertz CT molecular complexity index is 558. The van der Waals surface area contributed by atoms with Gasteiger partial charge in [0.25, 0.3) is 0 Å². The molecule has 0 saturated carbocycles. The molecule has 100 valence electrons. The molecule has 0 aliphatic heterocycles. The lowest BCUT2D eigenvalue weighted by atomic mass is 10.2. The fraction of sp³-hybridized carbons (Fsp3) is 0.267. The minimum Gasteiger partial charge on any atom is -0.455 e. The molecule has 1 N–H and O–H groups in total. The first kappa shape index (κ1) is 13.3. The molecule has 1 aromatic carbocycles. The minimum absolute atomic E-state index is 0.263. The number of nitrogens with one attached hydrogen (secondary N) is 1. The summed E-state index contributed by atoms with van der Waals surface area (Å²) >= 11 is 0. The summed E-state index contributed by atoms with van der Waals surface area (Å²) in [5.41, 5.74) is 1.67. The number of nitrogens with zero attached hydrogens (tertiary/aromatic N) is 1. The van der Waals surface area contributed by atoms with E-state index in [9.17, 15) is 4.39 Å². The van der Waals surface area contributed by atoms with Crippen molar-refractivity contribution in [3.63, 3.8) is 0 Å². The van der Waals surface area contributed by atoms with E-state index in [-0.39, 0.29) is 5.82 Å². The van der Waals surface area contributed by atoms with Crippen LogP contribution in [0.3, 0.4) is 0 Å². The van der Waals surface area contributed by atoms with E-state index < -0.39 is 0 Å². The fourth-order valence-electron chi connectivity index (χ4n) is 1.69. The predicted octanol–water partition coefficient (Wildman–Crippen LogP) is 4.14. The van der Waals surface area contributed by atoms with E-state index in [1.165, 1.54) is 12.1 Å². The quantitative estimate of drug-likeness (QED) is 0.877. The van der Waals surface area contributed by atoms with Gasteiger partial charge in [0, 0.05) is 12.6 Å². The lowest BCUT2D eigenvalue weighted by Crippen LogP contribution is -2.00. The average molecular weight is 260 g/mol. The number of benzene rings is 1. The molecule has 0 radical (unpaired) electrons. The van der Waals surface area contributed by atoms with Gasteiger partial charge in [-0.2, -0.15) is 0 Å². The molecule has 0 saturated heterocycles. The zero-order valence-electron chi connectivity index (χ0n) is 11.1. The van der Waals surface area contributed by atoms with Gasteiger partial charge in [-0.05, 0) is 37.1 Å². The van der Waals surface area contributed by atoms with Crippen LogP contribution in [-0.2, 0) is 0 Å². The monoisotopic (exact) mass is 260 g/mol. The summed E-state index contributed by atoms with van der Waals surface area (Å²) in [6, 6.07) is 6.33. The van der Waals surface area contributed by atoms with E-state index in [2.05, 4.69) is 17.2 Å². The maximum Gasteiger partial charge on any atom is 0.147 e. The Kier molecular flexibility index (Phi) is 4.34. The third-order valence-corrected chi connectivity index (χ3v) is 2.66. The highest BCUT2D eigenvalue weighted by Gasteiger charge is 2.04. The van der Waals surface area contributed by atoms with Crippen LogP contribution in [0.4, 0.5) is 10.1 Å². The maximum absolute atomic E-state index is 13.0. The van der Waals surface area contributed by atoms with Crippen LogP contribution in [0.2, 0.25) is 0 Å². The minimum atomic E-state index is -0.263. The molecule has 0 spiro atoms. The summed E-state index contributed by atoms with van der Waals surface area (Å²) in [6.45, 7) is 4.80. The van der Waals surface area contributed by atoms with Crippen molar-refractivity contribution < 1.29 is 9.13 Å². The highest BCUT2D eigenvalue weighted by atomic mass is 19.1. The second-order valence-electron chi connectivity index (χ2n) is 4.35. The molecule has 4 heteroatoms. The summed E-state index contributed by atoms with van der Waals surface area (Å²) in [5, 5.41) is 3.24. The van der Waals surface area contributed by atoms with Crippen molar-refractivity contribution in [2.45, 2.75) is 20.3 Å². The second-order valence-corrected chi connectivity index (χ2v) is 4.35.